The van der Waals surface area contributed by atoms with E-state index in [9.17, 15) is 4.21 Å². The van der Waals surface area contributed by atoms with Crippen molar-refractivity contribution >= 4 is 21.6 Å². The predicted molar refractivity (Wildman–Crippen MR) is 71.1 cm³/mol. The van der Waals surface area contributed by atoms with E-state index in [2.05, 4.69) is 43.3 Å². The minimum Gasteiger partial charge on any atom is -0.260 e. The lowest BCUT2D eigenvalue weighted by atomic mass is 9.98. The van der Waals surface area contributed by atoms with Crippen molar-refractivity contribution in [2.24, 2.45) is 0 Å². The number of aryl methyl sites for hydroxylation is 1. The highest BCUT2D eigenvalue weighted by Crippen LogP contribution is 2.23. The Kier molecular flexibility index (Phi) is 3.39. The third-order valence-electron chi connectivity index (χ3n) is 2.85. The molecule has 0 aliphatic heterocycles. The Balaban J connectivity index is 2.63. The van der Waals surface area contributed by atoms with Crippen LogP contribution in [-0.2, 0) is 23.0 Å². The van der Waals surface area contributed by atoms with Crippen LogP contribution in [0, 0.1) is 0 Å². The molecular formula is C14H16OS. The Bertz CT molecular complexity index is 531. The summed E-state index contributed by atoms with van der Waals surface area (Å²) in [6, 6.07) is 12.6. The molecule has 0 radical (unpaired) electrons. The van der Waals surface area contributed by atoms with Crippen molar-refractivity contribution in [3.05, 3.63) is 47.5 Å². The molecule has 0 amide bonds. The minimum absolute atomic E-state index is 0.661. The molecule has 0 saturated heterocycles. The first-order chi connectivity index (χ1) is 7.72. The van der Waals surface area contributed by atoms with Crippen LogP contribution in [0.2, 0.25) is 0 Å². The lowest BCUT2D eigenvalue weighted by molar-refractivity contribution is 0.686. The van der Waals surface area contributed by atoms with Crippen LogP contribution in [0.15, 0.2) is 36.4 Å². The van der Waals surface area contributed by atoms with Gasteiger partial charge in [-0.15, -0.1) is 0 Å². The molecular weight excluding hydrogens is 216 g/mol. The minimum atomic E-state index is -0.771. The molecule has 0 spiro atoms. The highest BCUT2D eigenvalue weighted by Gasteiger charge is 2.06. The number of hydrogen-bond donors (Lipinski definition) is 0. The summed E-state index contributed by atoms with van der Waals surface area (Å²) in [4.78, 5) is 0. The highest BCUT2D eigenvalue weighted by molar-refractivity contribution is 7.83. The standard InChI is InChI=1S/C14H16OS/c1-3-13-12(10-16(2)15)9-8-11-6-4-5-7-14(11)13/h4-9H,3,10H2,1-2H3. The molecule has 0 fully saturated rings. The summed E-state index contributed by atoms with van der Waals surface area (Å²) in [5.41, 5.74) is 2.57. The summed E-state index contributed by atoms with van der Waals surface area (Å²) < 4.78 is 11.3. The summed E-state index contributed by atoms with van der Waals surface area (Å²) in [6.45, 7) is 2.16. The highest BCUT2D eigenvalue weighted by atomic mass is 32.2. The van der Waals surface area contributed by atoms with Crippen LogP contribution < -0.4 is 0 Å². The Hall–Kier alpha value is -1.15. The second kappa shape index (κ2) is 4.79. The average molecular weight is 232 g/mol. The van der Waals surface area contributed by atoms with E-state index in [1.54, 1.807) is 6.26 Å². The van der Waals surface area contributed by atoms with E-state index >= 15 is 0 Å². The Morgan fingerprint density at radius 2 is 1.88 bits per heavy atom. The van der Waals surface area contributed by atoms with Gasteiger partial charge in [-0.25, -0.2) is 0 Å². The lowest BCUT2D eigenvalue weighted by Gasteiger charge is -2.10. The van der Waals surface area contributed by atoms with Gasteiger partial charge in [0.2, 0.25) is 0 Å². The fourth-order valence-electron chi connectivity index (χ4n) is 2.15. The van der Waals surface area contributed by atoms with Gasteiger partial charge in [-0.05, 0) is 28.3 Å². The Morgan fingerprint density at radius 1 is 1.12 bits per heavy atom. The van der Waals surface area contributed by atoms with Crippen molar-refractivity contribution in [1.82, 2.24) is 0 Å². The lowest BCUT2D eigenvalue weighted by Crippen LogP contribution is -1.98. The van der Waals surface area contributed by atoms with Crippen molar-refractivity contribution in [1.29, 1.82) is 0 Å². The summed E-state index contributed by atoms with van der Waals surface area (Å²) in [6.07, 6.45) is 2.75. The molecule has 0 saturated carbocycles. The molecule has 2 aromatic carbocycles. The van der Waals surface area contributed by atoms with Crippen LogP contribution in [0.5, 0.6) is 0 Å². The first-order valence-corrected chi connectivity index (χ1v) is 7.24. The number of rotatable bonds is 3. The van der Waals surface area contributed by atoms with Crippen LogP contribution in [0.4, 0.5) is 0 Å². The molecule has 1 unspecified atom stereocenters. The van der Waals surface area contributed by atoms with Gasteiger partial charge in [0.25, 0.3) is 0 Å². The van der Waals surface area contributed by atoms with E-state index in [0.29, 0.717) is 5.75 Å². The Labute approximate surface area is 98.9 Å². The largest absolute Gasteiger partial charge is 0.260 e. The molecule has 0 bridgehead atoms. The maximum absolute atomic E-state index is 11.3. The SMILES string of the molecule is CCc1c(CS(C)=O)ccc2ccccc12. The smallest absolute Gasteiger partial charge is 0.0485 e. The average Bonchev–Trinajstić information content (AvgIpc) is 2.28. The fraction of sp³-hybridized carbons (Fsp3) is 0.286. The first-order valence-electron chi connectivity index (χ1n) is 5.52. The fourth-order valence-corrected chi connectivity index (χ4v) is 2.86. The van der Waals surface area contributed by atoms with Crippen LogP contribution in [0.1, 0.15) is 18.1 Å². The molecule has 1 atom stereocenters. The molecule has 2 aromatic rings. The summed E-state index contributed by atoms with van der Waals surface area (Å²) in [5, 5.41) is 2.57. The van der Waals surface area contributed by atoms with Gasteiger partial charge in [0.05, 0.1) is 0 Å². The summed E-state index contributed by atoms with van der Waals surface area (Å²) >= 11 is 0. The normalized spacial score (nSPS) is 12.9. The van der Waals surface area contributed by atoms with Crippen molar-refractivity contribution in [3.63, 3.8) is 0 Å². The van der Waals surface area contributed by atoms with Gasteiger partial charge in [0.15, 0.2) is 0 Å². The van der Waals surface area contributed by atoms with Gasteiger partial charge in [-0.2, -0.15) is 0 Å². The van der Waals surface area contributed by atoms with Crippen LogP contribution in [-0.4, -0.2) is 10.5 Å². The number of benzene rings is 2. The second-order valence-corrected chi connectivity index (χ2v) is 5.43. The third kappa shape index (κ3) is 2.17. The molecule has 1 nitrogen and oxygen atoms in total. The van der Waals surface area contributed by atoms with Crippen molar-refractivity contribution < 1.29 is 4.21 Å². The van der Waals surface area contributed by atoms with Gasteiger partial charge in [-0.3, -0.25) is 4.21 Å². The Morgan fingerprint density at radius 3 is 2.56 bits per heavy atom. The quantitative estimate of drug-likeness (QED) is 0.793. The zero-order valence-corrected chi connectivity index (χ0v) is 10.5. The van der Waals surface area contributed by atoms with Gasteiger partial charge < -0.3 is 0 Å². The van der Waals surface area contributed by atoms with Gasteiger partial charge in [-0.1, -0.05) is 43.3 Å². The van der Waals surface area contributed by atoms with Crippen molar-refractivity contribution in [2.45, 2.75) is 19.1 Å². The van der Waals surface area contributed by atoms with Gasteiger partial charge in [0.1, 0.15) is 0 Å². The van der Waals surface area contributed by atoms with Gasteiger partial charge >= 0.3 is 0 Å². The monoisotopic (exact) mass is 232 g/mol. The molecule has 0 heterocycles. The van der Waals surface area contributed by atoms with E-state index in [4.69, 9.17) is 0 Å². The van der Waals surface area contributed by atoms with E-state index in [1.807, 2.05) is 0 Å². The first kappa shape index (κ1) is 11.3. The molecule has 0 N–H and O–H groups in total. The van der Waals surface area contributed by atoms with Crippen LogP contribution in [0.3, 0.4) is 0 Å². The second-order valence-electron chi connectivity index (χ2n) is 4.00. The van der Waals surface area contributed by atoms with Crippen molar-refractivity contribution in [2.75, 3.05) is 6.26 Å². The molecule has 2 rings (SSSR count). The predicted octanol–water partition coefficient (Wildman–Crippen LogP) is 3.28. The maximum atomic E-state index is 11.3. The van der Waals surface area contributed by atoms with Gasteiger partial charge in [0, 0.05) is 22.8 Å². The molecule has 84 valence electrons. The molecule has 2 heteroatoms. The summed E-state index contributed by atoms with van der Waals surface area (Å²) in [5.74, 6) is 0.661. The van der Waals surface area contributed by atoms with Crippen molar-refractivity contribution in [3.8, 4) is 0 Å². The van der Waals surface area contributed by atoms with E-state index in [0.717, 1.165) is 6.42 Å². The molecule has 0 aromatic heterocycles. The zero-order chi connectivity index (χ0) is 11.5. The summed E-state index contributed by atoms with van der Waals surface area (Å²) in [7, 11) is -0.771. The molecule has 0 aliphatic carbocycles. The zero-order valence-electron chi connectivity index (χ0n) is 9.69. The van der Waals surface area contributed by atoms with Crippen LogP contribution >= 0.6 is 0 Å². The molecule has 16 heavy (non-hydrogen) atoms. The van der Waals surface area contributed by atoms with Crippen LogP contribution in [0.25, 0.3) is 10.8 Å². The van der Waals surface area contributed by atoms with E-state index in [-0.39, 0.29) is 0 Å². The number of hydrogen-bond acceptors (Lipinski definition) is 1. The third-order valence-corrected chi connectivity index (χ3v) is 3.57. The number of fused-ring (bicyclic) bond motifs is 1. The van der Waals surface area contributed by atoms with E-state index in [1.165, 1.54) is 21.9 Å². The molecule has 0 aliphatic rings. The maximum Gasteiger partial charge on any atom is 0.0485 e. The topological polar surface area (TPSA) is 17.1 Å². The van der Waals surface area contributed by atoms with E-state index < -0.39 is 10.8 Å².